The zero-order valence-electron chi connectivity index (χ0n) is 13.7. The number of phenols is 2. The topological polar surface area (TPSA) is 89.9 Å². The maximum Gasteiger partial charge on any atom is 0.251 e. The van der Waals surface area contributed by atoms with Gasteiger partial charge in [-0.25, -0.2) is 0 Å². The molecule has 2 amide bonds. The number of benzene rings is 2. The average molecular weight is 340 g/mol. The van der Waals surface area contributed by atoms with Crippen LogP contribution >= 0.6 is 0 Å². The summed E-state index contributed by atoms with van der Waals surface area (Å²) in [6, 6.07) is 11.6. The Morgan fingerprint density at radius 1 is 1.12 bits per heavy atom. The number of hydrogen-bond acceptors (Lipinski definition) is 4. The van der Waals surface area contributed by atoms with Crippen molar-refractivity contribution in [2.45, 2.75) is 19.3 Å². The van der Waals surface area contributed by atoms with E-state index in [-0.39, 0.29) is 23.3 Å². The summed E-state index contributed by atoms with van der Waals surface area (Å²) < 4.78 is 0. The van der Waals surface area contributed by atoms with E-state index in [2.05, 4.69) is 5.32 Å². The first-order valence-electron chi connectivity index (χ1n) is 8.24. The average Bonchev–Trinajstić information content (AvgIpc) is 3.04. The fourth-order valence-electron chi connectivity index (χ4n) is 2.88. The second-order valence-corrected chi connectivity index (χ2v) is 6.03. The van der Waals surface area contributed by atoms with Gasteiger partial charge in [-0.1, -0.05) is 12.1 Å². The Morgan fingerprint density at radius 2 is 1.96 bits per heavy atom. The second kappa shape index (κ2) is 7.25. The van der Waals surface area contributed by atoms with Gasteiger partial charge in [-0.15, -0.1) is 0 Å². The molecular formula is C19H20N2O4. The van der Waals surface area contributed by atoms with Gasteiger partial charge in [0.25, 0.3) is 5.91 Å². The van der Waals surface area contributed by atoms with Crippen LogP contribution in [0.5, 0.6) is 11.5 Å². The van der Waals surface area contributed by atoms with Gasteiger partial charge < -0.3 is 20.4 Å². The largest absolute Gasteiger partial charge is 0.504 e. The summed E-state index contributed by atoms with van der Waals surface area (Å²) >= 11 is 0. The monoisotopic (exact) mass is 340 g/mol. The van der Waals surface area contributed by atoms with Crippen molar-refractivity contribution in [3.8, 4) is 11.5 Å². The lowest BCUT2D eigenvalue weighted by Crippen LogP contribution is -2.27. The highest BCUT2D eigenvalue weighted by Crippen LogP contribution is 2.25. The molecule has 1 aliphatic rings. The third-order valence-corrected chi connectivity index (χ3v) is 4.23. The molecule has 1 heterocycles. The lowest BCUT2D eigenvalue weighted by atomic mass is 10.1. The zero-order valence-corrected chi connectivity index (χ0v) is 13.7. The van der Waals surface area contributed by atoms with Crippen LogP contribution in [0.1, 0.15) is 28.8 Å². The first-order valence-corrected chi connectivity index (χ1v) is 8.24. The summed E-state index contributed by atoms with van der Waals surface area (Å²) in [5.74, 6) is -0.464. The van der Waals surface area contributed by atoms with Gasteiger partial charge in [0.2, 0.25) is 5.91 Å². The van der Waals surface area contributed by atoms with Crippen molar-refractivity contribution in [2.24, 2.45) is 0 Å². The van der Waals surface area contributed by atoms with Gasteiger partial charge in [-0.3, -0.25) is 9.59 Å². The highest BCUT2D eigenvalue weighted by Gasteiger charge is 2.22. The van der Waals surface area contributed by atoms with E-state index in [1.54, 1.807) is 29.2 Å². The molecule has 0 aromatic heterocycles. The Hall–Kier alpha value is -3.02. The van der Waals surface area contributed by atoms with E-state index >= 15 is 0 Å². The van der Waals surface area contributed by atoms with Gasteiger partial charge in [-0.2, -0.15) is 0 Å². The molecule has 0 saturated carbocycles. The summed E-state index contributed by atoms with van der Waals surface area (Å²) in [4.78, 5) is 25.8. The molecule has 6 nitrogen and oxygen atoms in total. The number of nitrogens with one attached hydrogen (secondary N) is 1. The smallest absolute Gasteiger partial charge is 0.251 e. The number of rotatable bonds is 5. The minimum atomic E-state index is -0.212. The summed E-state index contributed by atoms with van der Waals surface area (Å²) in [6.45, 7) is 1.09. The molecule has 0 radical (unpaired) electrons. The van der Waals surface area contributed by atoms with Crippen molar-refractivity contribution >= 4 is 17.5 Å². The molecule has 1 fully saturated rings. The van der Waals surface area contributed by atoms with Crippen LogP contribution in [0.4, 0.5) is 5.69 Å². The Morgan fingerprint density at radius 3 is 2.68 bits per heavy atom. The second-order valence-electron chi connectivity index (χ2n) is 6.03. The number of carbonyl (C=O) groups excluding carboxylic acids is 2. The molecule has 1 aliphatic heterocycles. The van der Waals surface area contributed by atoms with Gasteiger partial charge >= 0.3 is 0 Å². The van der Waals surface area contributed by atoms with Crippen LogP contribution in [-0.4, -0.2) is 35.1 Å². The minimum Gasteiger partial charge on any atom is -0.504 e. The van der Waals surface area contributed by atoms with Gasteiger partial charge in [0.05, 0.1) is 0 Å². The van der Waals surface area contributed by atoms with Crippen molar-refractivity contribution < 1.29 is 19.8 Å². The summed E-state index contributed by atoms with van der Waals surface area (Å²) in [6.07, 6.45) is 1.93. The normalized spacial score (nSPS) is 13.9. The first-order chi connectivity index (χ1) is 12.0. The molecule has 130 valence electrons. The van der Waals surface area contributed by atoms with Crippen LogP contribution < -0.4 is 10.2 Å². The standard InChI is InChI=1S/C19H20N2O4/c22-16-7-6-13(11-17(16)23)8-9-20-19(25)14-3-1-4-15(12-14)21-10-2-5-18(21)24/h1,3-4,6-7,11-12,22-23H,2,5,8-10H2,(H,20,25). The van der Waals surface area contributed by atoms with Gasteiger partial charge in [0, 0.05) is 30.8 Å². The molecule has 3 N–H and O–H groups in total. The van der Waals surface area contributed by atoms with Crippen molar-refractivity contribution in [1.29, 1.82) is 0 Å². The number of amides is 2. The third-order valence-electron chi connectivity index (χ3n) is 4.23. The summed E-state index contributed by atoms with van der Waals surface area (Å²) in [7, 11) is 0. The molecule has 6 heteroatoms. The molecule has 0 atom stereocenters. The molecule has 0 aliphatic carbocycles. The Bertz CT molecular complexity index is 804. The molecule has 25 heavy (non-hydrogen) atoms. The maximum atomic E-state index is 12.3. The highest BCUT2D eigenvalue weighted by atomic mass is 16.3. The fraction of sp³-hybridized carbons (Fsp3) is 0.263. The molecule has 0 bridgehead atoms. The quantitative estimate of drug-likeness (QED) is 0.728. The lowest BCUT2D eigenvalue weighted by Gasteiger charge is -2.16. The Kier molecular flexibility index (Phi) is 4.88. The SMILES string of the molecule is O=C(NCCc1ccc(O)c(O)c1)c1cccc(N2CCCC2=O)c1. The van der Waals surface area contributed by atoms with Gasteiger partial charge in [0.1, 0.15) is 0 Å². The van der Waals surface area contributed by atoms with E-state index < -0.39 is 0 Å². The number of phenolic OH excluding ortho intramolecular Hbond substituents is 2. The van der Waals surface area contributed by atoms with E-state index in [4.69, 9.17) is 0 Å². The summed E-state index contributed by atoms with van der Waals surface area (Å²) in [5, 5.41) is 21.6. The Balaban J connectivity index is 1.59. The van der Waals surface area contributed by atoms with E-state index in [0.29, 0.717) is 31.5 Å². The highest BCUT2D eigenvalue weighted by molar-refractivity contribution is 5.99. The van der Waals surface area contributed by atoms with Crippen molar-refractivity contribution in [3.63, 3.8) is 0 Å². The van der Waals surface area contributed by atoms with Gasteiger partial charge in [0.15, 0.2) is 11.5 Å². The van der Waals surface area contributed by atoms with Gasteiger partial charge in [-0.05, 0) is 48.7 Å². The number of hydrogen-bond donors (Lipinski definition) is 3. The van der Waals surface area contributed by atoms with E-state index in [1.807, 2.05) is 6.07 Å². The number of carbonyl (C=O) groups is 2. The molecule has 2 aromatic carbocycles. The van der Waals surface area contributed by atoms with E-state index in [9.17, 15) is 19.8 Å². The van der Waals surface area contributed by atoms with Crippen molar-refractivity contribution in [3.05, 3.63) is 53.6 Å². The van der Waals surface area contributed by atoms with E-state index in [1.165, 1.54) is 12.1 Å². The Labute approximate surface area is 145 Å². The fourth-order valence-corrected chi connectivity index (χ4v) is 2.88. The maximum absolute atomic E-state index is 12.3. The molecule has 0 spiro atoms. The van der Waals surface area contributed by atoms with Crippen molar-refractivity contribution in [2.75, 3.05) is 18.0 Å². The van der Waals surface area contributed by atoms with Crippen molar-refractivity contribution in [1.82, 2.24) is 5.32 Å². The van der Waals surface area contributed by atoms with Crippen LogP contribution in [0.25, 0.3) is 0 Å². The van der Waals surface area contributed by atoms with Crippen LogP contribution in [0.3, 0.4) is 0 Å². The molecule has 2 aromatic rings. The number of aromatic hydroxyl groups is 2. The zero-order chi connectivity index (χ0) is 17.8. The third kappa shape index (κ3) is 3.91. The number of nitrogens with zero attached hydrogens (tertiary/aromatic N) is 1. The summed E-state index contributed by atoms with van der Waals surface area (Å²) in [5.41, 5.74) is 2.07. The predicted octanol–water partition coefficient (Wildman–Crippen LogP) is 2.20. The minimum absolute atomic E-state index is 0.0877. The molecule has 0 unspecified atom stereocenters. The van der Waals surface area contributed by atoms with Crippen LogP contribution in [-0.2, 0) is 11.2 Å². The molecule has 1 saturated heterocycles. The van der Waals surface area contributed by atoms with E-state index in [0.717, 1.165) is 17.7 Å². The van der Waals surface area contributed by atoms with Crippen LogP contribution in [0.15, 0.2) is 42.5 Å². The number of anilines is 1. The first kappa shape index (κ1) is 16.8. The van der Waals surface area contributed by atoms with Crippen LogP contribution in [0.2, 0.25) is 0 Å². The predicted molar refractivity (Wildman–Crippen MR) is 93.8 cm³/mol. The molecule has 3 rings (SSSR count). The molecular weight excluding hydrogens is 320 g/mol. The van der Waals surface area contributed by atoms with Crippen LogP contribution in [0, 0.1) is 0 Å². The lowest BCUT2D eigenvalue weighted by molar-refractivity contribution is -0.117.